The second-order valence-corrected chi connectivity index (χ2v) is 10.9. The Morgan fingerprint density at radius 1 is 0.805 bits per heavy atom. The van der Waals surface area contributed by atoms with Crippen LogP contribution in [0.2, 0.25) is 0 Å². The van der Waals surface area contributed by atoms with Crippen LogP contribution in [-0.4, -0.2) is 59.7 Å². The average molecular weight is 546 g/mol. The minimum Gasteiger partial charge on any atom is -0.379 e. The van der Waals surface area contributed by atoms with Crippen molar-refractivity contribution in [1.82, 2.24) is 14.4 Å². The summed E-state index contributed by atoms with van der Waals surface area (Å²) in [6, 6.07) is 35.8. The van der Waals surface area contributed by atoms with Gasteiger partial charge in [0.15, 0.2) is 0 Å². The van der Waals surface area contributed by atoms with Gasteiger partial charge >= 0.3 is 0 Å². The molecule has 41 heavy (non-hydrogen) atoms. The van der Waals surface area contributed by atoms with E-state index in [1.165, 1.54) is 21.8 Å². The van der Waals surface area contributed by atoms with E-state index in [0.29, 0.717) is 13.1 Å². The lowest BCUT2D eigenvalue weighted by Crippen LogP contribution is -2.40. The molecule has 0 saturated carbocycles. The maximum atomic E-state index is 14.5. The van der Waals surface area contributed by atoms with Crippen LogP contribution >= 0.6 is 0 Å². The first-order chi connectivity index (χ1) is 20.2. The molecular formula is C36H39N3O2. The average Bonchev–Trinajstić information content (AvgIpc) is 3.35. The molecule has 0 unspecified atom stereocenters. The Morgan fingerprint density at radius 3 is 2.12 bits per heavy atom. The summed E-state index contributed by atoms with van der Waals surface area (Å²) in [6.07, 6.45) is 0.930. The highest BCUT2D eigenvalue weighted by Crippen LogP contribution is 2.31. The molecule has 0 bridgehead atoms. The molecule has 0 atom stereocenters. The van der Waals surface area contributed by atoms with E-state index in [0.717, 1.165) is 62.5 Å². The number of nitrogens with zero attached hydrogens (tertiary/aromatic N) is 3. The van der Waals surface area contributed by atoms with Crippen LogP contribution in [0.5, 0.6) is 0 Å². The molecule has 6 rings (SSSR count). The summed E-state index contributed by atoms with van der Waals surface area (Å²) in [6.45, 7) is 8.88. The standard InChI is InChI=1S/C36H39N3O2/c1-2-39-33-17-10-9-16-31(33)32-26-28(18-19-34(32)39)27-38(21-11-20-37-22-24-41-25-23-37)36(40)35(29-12-5-3-6-13-29)30-14-7-4-8-15-30/h3-10,12-19,26,35H,2,11,20-25,27H2,1H3. The molecule has 1 amide bonds. The summed E-state index contributed by atoms with van der Waals surface area (Å²) >= 11 is 0. The number of carbonyl (C=O) groups is 1. The first-order valence-electron chi connectivity index (χ1n) is 14.9. The number of hydrogen-bond acceptors (Lipinski definition) is 3. The predicted molar refractivity (Wildman–Crippen MR) is 167 cm³/mol. The van der Waals surface area contributed by atoms with E-state index < -0.39 is 0 Å². The lowest BCUT2D eigenvalue weighted by molar-refractivity contribution is -0.132. The number of carbonyl (C=O) groups excluding carboxylic acids is 1. The van der Waals surface area contributed by atoms with Gasteiger partial charge in [0.2, 0.25) is 5.91 Å². The van der Waals surface area contributed by atoms with Crippen LogP contribution in [-0.2, 0) is 22.6 Å². The number of para-hydroxylation sites is 1. The summed E-state index contributed by atoms with van der Waals surface area (Å²) in [4.78, 5) is 19.1. The van der Waals surface area contributed by atoms with Crippen molar-refractivity contribution in [3.8, 4) is 0 Å². The van der Waals surface area contributed by atoms with Crippen LogP contribution in [0.3, 0.4) is 0 Å². The van der Waals surface area contributed by atoms with Crippen LogP contribution in [0.15, 0.2) is 103 Å². The Kier molecular flexibility index (Phi) is 8.45. The van der Waals surface area contributed by atoms with E-state index in [1.54, 1.807) is 0 Å². The minimum atomic E-state index is -0.341. The van der Waals surface area contributed by atoms with Gasteiger partial charge in [-0.3, -0.25) is 9.69 Å². The van der Waals surface area contributed by atoms with Gasteiger partial charge in [-0.25, -0.2) is 0 Å². The molecule has 1 saturated heterocycles. The lowest BCUT2D eigenvalue weighted by Gasteiger charge is -2.30. The van der Waals surface area contributed by atoms with E-state index in [1.807, 2.05) is 36.4 Å². The van der Waals surface area contributed by atoms with Crippen LogP contribution in [0.1, 0.15) is 36.0 Å². The Bertz CT molecular complexity index is 1550. The van der Waals surface area contributed by atoms with Gasteiger partial charge in [0.25, 0.3) is 0 Å². The molecule has 1 aliphatic rings. The quantitative estimate of drug-likeness (QED) is 0.196. The second-order valence-electron chi connectivity index (χ2n) is 10.9. The van der Waals surface area contributed by atoms with Crippen molar-refractivity contribution in [2.75, 3.05) is 39.4 Å². The minimum absolute atomic E-state index is 0.153. The maximum absolute atomic E-state index is 14.5. The normalized spacial score (nSPS) is 14.2. The smallest absolute Gasteiger partial charge is 0.234 e. The summed E-state index contributed by atoms with van der Waals surface area (Å²) in [5.74, 6) is -0.188. The molecule has 0 aliphatic carbocycles. The molecular weight excluding hydrogens is 506 g/mol. The molecule has 4 aromatic carbocycles. The van der Waals surface area contributed by atoms with Crippen LogP contribution < -0.4 is 0 Å². The molecule has 2 heterocycles. The van der Waals surface area contributed by atoms with Crippen LogP contribution in [0, 0.1) is 0 Å². The number of morpholine rings is 1. The van der Waals surface area contributed by atoms with Gasteiger partial charge < -0.3 is 14.2 Å². The summed E-state index contributed by atoms with van der Waals surface area (Å²) < 4.78 is 7.92. The summed E-state index contributed by atoms with van der Waals surface area (Å²) in [7, 11) is 0. The number of fused-ring (bicyclic) bond motifs is 3. The van der Waals surface area contributed by atoms with E-state index in [2.05, 4.69) is 88.0 Å². The molecule has 210 valence electrons. The highest BCUT2D eigenvalue weighted by molar-refractivity contribution is 6.08. The molecule has 5 aromatic rings. The molecule has 1 aromatic heterocycles. The van der Waals surface area contributed by atoms with Crippen molar-refractivity contribution < 1.29 is 9.53 Å². The number of aromatic nitrogens is 1. The fourth-order valence-electron chi connectivity index (χ4n) is 6.29. The fraction of sp³-hybridized carbons (Fsp3) is 0.306. The molecule has 0 radical (unpaired) electrons. The molecule has 0 spiro atoms. The molecule has 5 heteroatoms. The first-order valence-corrected chi connectivity index (χ1v) is 14.9. The number of aryl methyl sites for hydroxylation is 1. The topological polar surface area (TPSA) is 37.7 Å². The fourth-order valence-corrected chi connectivity index (χ4v) is 6.29. The van der Waals surface area contributed by atoms with E-state index in [9.17, 15) is 4.79 Å². The van der Waals surface area contributed by atoms with E-state index in [4.69, 9.17) is 4.74 Å². The first kappa shape index (κ1) is 27.3. The Morgan fingerprint density at radius 2 is 1.44 bits per heavy atom. The highest BCUT2D eigenvalue weighted by Gasteiger charge is 2.28. The van der Waals surface area contributed by atoms with Gasteiger partial charge in [0.1, 0.15) is 0 Å². The van der Waals surface area contributed by atoms with Gasteiger partial charge in [-0.15, -0.1) is 0 Å². The summed E-state index contributed by atoms with van der Waals surface area (Å²) in [5, 5.41) is 2.52. The molecule has 1 fully saturated rings. The van der Waals surface area contributed by atoms with Crippen molar-refractivity contribution >= 4 is 27.7 Å². The van der Waals surface area contributed by atoms with Crippen molar-refractivity contribution in [1.29, 1.82) is 0 Å². The van der Waals surface area contributed by atoms with Crippen molar-refractivity contribution in [2.24, 2.45) is 0 Å². The number of ether oxygens (including phenoxy) is 1. The number of rotatable bonds is 10. The number of amides is 1. The van der Waals surface area contributed by atoms with Crippen molar-refractivity contribution in [3.05, 3.63) is 120 Å². The Balaban J connectivity index is 1.33. The zero-order valence-electron chi connectivity index (χ0n) is 23.9. The largest absolute Gasteiger partial charge is 0.379 e. The van der Waals surface area contributed by atoms with Gasteiger partial charge in [-0.1, -0.05) is 84.9 Å². The van der Waals surface area contributed by atoms with Crippen LogP contribution in [0.4, 0.5) is 0 Å². The van der Waals surface area contributed by atoms with E-state index >= 15 is 0 Å². The van der Waals surface area contributed by atoms with Gasteiger partial charge in [0.05, 0.1) is 19.1 Å². The van der Waals surface area contributed by atoms with E-state index in [-0.39, 0.29) is 11.8 Å². The third-order valence-corrected chi connectivity index (χ3v) is 8.36. The third-order valence-electron chi connectivity index (χ3n) is 8.36. The number of hydrogen-bond donors (Lipinski definition) is 0. The predicted octanol–water partition coefficient (Wildman–Crippen LogP) is 6.70. The number of benzene rings is 4. The van der Waals surface area contributed by atoms with Gasteiger partial charge in [-0.2, -0.15) is 0 Å². The van der Waals surface area contributed by atoms with Crippen molar-refractivity contribution in [3.63, 3.8) is 0 Å². The monoisotopic (exact) mass is 545 g/mol. The second kappa shape index (κ2) is 12.7. The maximum Gasteiger partial charge on any atom is 0.234 e. The summed E-state index contributed by atoms with van der Waals surface area (Å²) in [5.41, 5.74) is 5.73. The highest BCUT2D eigenvalue weighted by atomic mass is 16.5. The molecule has 1 aliphatic heterocycles. The Labute approximate surface area is 242 Å². The van der Waals surface area contributed by atoms with Gasteiger partial charge in [-0.05, 0) is 48.2 Å². The third kappa shape index (κ3) is 5.92. The zero-order chi connectivity index (χ0) is 28.0. The SMILES string of the molecule is CCn1c2ccccc2c2cc(CN(CCCN3CCOCC3)C(=O)C(c3ccccc3)c3ccccc3)ccc21. The van der Waals surface area contributed by atoms with Gasteiger partial charge in [0, 0.05) is 61.1 Å². The van der Waals surface area contributed by atoms with Crippen molar-refractivity contribution in [2.45, 2.75) is 32.4 Å². The van der Waals surface area contributed by atoms with Crippen LogP contribution in [0.25, 0.3) is 21.8 Å². The Hall–Kier alpha value is -3.93. The zero-order valence-corrected chi connectivity index (χ0v) is 23.9. The molecule has 0 N–H and O–H groups in total. The molecule has 5 nitrogen and oxygen atoms in total. The lowest BCUT2D eigenvalue weighted by atomic mass is 9.89.